The predicted molar refractivity (Wildman–Crippen MR) is 171 cm³/mol. The van der Waals surface area contributed by atoms with Crippen LogP contribution in [0.1, 0.15) is 34.3 Å². The predicted octanol–water partition coefficient (Wildman–Crippen LogP) is 5.05. The number of nitrogens with one attached hydrogen (secondary N) is 2. The van der Waals surface area contributed by atoms with Gasteiger partial charge in [-0.2, -0.15) is 0 Å². The molecule has 0 radical (unpaired) electrons. The van der Waals surface area contributed by atoms with Crippen LogP contribution in [0, 0.1) is 25.7 Å². The summed E-state index contributed by atoms with van der Waals surface area (Å²) in [7, 11) is 0. The number of carboxylic acid groups (broad SMARTS) is 2. The Morgan fingerprint density at radius 2 is 0.848 bits per heavy atom. The van der Waals surface area contributed by atoms with Crippen LogP contribution in [0.2, 0.25) is 0 Å². The van der Waals surface area contributed by atoms with Crippen molar-refractivity contribution in [2.24, 2.45) is 11.8 Å². The Morgan fingerprint density at radius 1 is 0.522 bits per heavy atom. The minimum absolute atomic E-state index is 0.459. The van der Waals surface area contributed by atoms with Crippen LogP contribution in [0.5, 0.6) is 0 Å². The van der Waals surface area contributed by atoms with E-state index in [1.807, 2.05) is 38.1 Å². The van der Waals surface area contributed by atoms with Gasteiger partial charge in [-0.25, -0.2) is 10.0 Å². The highest BCUT2D eigenvalue weighted by Gasteiger charge is 2.67. The van der Waals surface area contributed by atoms with Crippen molar-refractivity contribution >= 4 is 35.1 Å². The molecule has 4 N–H and O–H groups in total. The van der Waals surface area contributed by atoms with E-state index in [0.717, 1.165) is 11.1 Å². The van der Waals surface area contributed by atoms with Gasteiger partial charge in [-0.1, -0.05) is 96.1 Å². The first kappa shape index (κ1) is 30.7. The molecule has 6 atom stereocenters. The summed E-state index contributed by atoms with van der Waals surface area (Å²) < 4.78 is 0. The summed E-state index contributed by atoms with van der Waals surface area (Å²) in [5.74, 6) is -6.45. The van der Waals surface area contributed by atoms with Crippen molar-refractivity contribution < 1.29 is 29.4 Å². The molecule has 0 spiro atoms. The number of rotatable bonds is 8. The van der Waals surface area contributed by atoms with Gasteiger partial charge in [0, 0.05) is 11.4 Å². The molecule has 2 aliphatic heterocycles. The number of aliphatic carboxylic acids is 2. The normalized spacial score (nSPS) is 24.2. The number of hydrazine groups is 1. The zero-order valence-electron chi connectivity index (χ0n) is 25.3. The molecular formula is C36H34N4O6. The van der Waals surface area contributed by atoms with Crippen LogP contribution in [0.4, 0.5) is 11.4 Å². The second kappa shape index (κ2) is 12.6. The van der Waals surface area contributed by atoms with Crippen LogP contribution in [0.15, 0.2) is 109 Å². The maximum absolute atomic E-state index is 14.3. The number of hydrogen-bond donors (Lipinski definition) is 4. The number of aryl methyl sites for hydroxylation is 2. The Hall–Kier alpha value is -5.32. The molecule has 10 heteroatoms. The number of para-hydroxylation sites is 2. The van der Waals surface area contributed by atoms with Gasteiger partial charge in [-0.15, -0.1) is 0 Å². The van der Waals surface area contributed by atoms with Gasteiger partial charge < -0.3 is 20.8 Å². The van der Waals surface area contributed by atoms with E-state index in [1.54, 1.807) is 94.9 Å². The molecule has 2 fully saturated rings. The summed E-state index contributed by atoms with van der Waals surface area (Å²) in [6.45, 7) is 3.80. The van der Waals surface area contributed by atoms with Gasteiger partial charge in [0.25, 0.3) is 0 Å². The van der Waals surface area contributed by atoms with Gasteiger partial charge in [0.1, 0.15) is 23.9 Å². The molecule has 2 saturated heterocycles. The van der Waals surface area contributed by atoms with Gasteiger partial charge in [-0.3, -0.25) is 19.2 Å². The lowest BCUT2D eigenvalue weighted by molar-refractivity contribution is -0.147. The Balaban J connectivity index is 1.57. The second-order valence-electron chi connectivity index (χ2n) is 11.8. The van der Waals surface area contributed by atoms with Crippen molar-refractivity contribution in [2.45, 2.75) is 38.0 Å². The second-order valence-corrected chi connectivity index (χ2v) is 11.8. The number of carbonyl (C=O) groups excluding carboxylic acids is 2. The summed E-state index contributed by atoms with van der Waals surface area (Å²) in [5.41, 5.74) is 3.88. The molecule has 0 aliphatic carbocycles. The lowest BCUT2D eigenvalue weighted by atomic mass is 9.81. The Bertz CT molecular complexity index is 1620. The average molecular weight is 619 g/mol. The smallest absolute Gasteiger partial charge is 0.310 e. The molecular weight excluding hydrogens is 584 g/mol. The number of benzene rings is 4. The van der Waals surface area contributed by atoms with Crippen LogP contribution in [-0.2, 0) is 19.2 Å². The molecule has 4 aromatic rings. The number of nitrogens with zero attached hydrogens (tertiary/aromatic N) is 2. The van der Waals surface area contributed by atoms with E-state index in [4.69, 9.17) is 0 Å². The third-order valence-electron chi connectivity index (χ3n) is 8.80. The lowest BCUT2D eigenvalue weighted by Gasteiger charge is -2.33. The number of fused-ring (bicyclic) bond motifs is 1. The van der Waals surface area contributed by atoms with E-state index in [1.165, 1.54) is 0 Å². The fourth-order valence-electron chi connectivity index (χ4n) is 6.75. The summed E-state index contributed by atoms with van der Waals surface area (Å²) in [6, 6.07) is 26.9. The van der Waals surface area contributed by atoms with E-state index in [9.17, 15) is 29.4 Å². The van der Waals surface area contributed by atoms with Crippen molar-refractivity contribution in [3.63, 3.8) is 0 Å². The maximum atomic E-state index is 14.3. The average Bonchev–Trinajstić information content (AvgIpc) is 3.56. The highest BCUT2D eigenvalue weighted by atomic mass is 16.4. The van der Waals surface area contributed by atoms with Crippen molar-refractivity contribution in [2.75, 3.05) is 10.6 Å². The summed E-state index contributed by atoms with van der Waals surface area (Å²) in [4.78, 5) is 55.1. The zero-order chi connectivity index (χ0) is 32.5. The zero-order valence-corrected chi connectivity index (χ0v) is 25.3. The van der Waals surface area contributed by atoms with Gasteiger partial charge >= 0.3 is 11.9 Å². The van der Waals surface area contributed by atoms with Crippen LogP contribution >= 0.6 is 0 Å². The highest BCUT2D eigenvalue weighted by Crippen LogP contribution is 2.55. The SMILES string of the molecule is Cc1ccc([C@@H]2[C@H](C(=O)O)[C@H](C(=O)Nc3ccccc3)N3[C@H](c4ccc(C)cc4)[C@@H](C(=O)O)[C@H](C(=O)Nc4ccccc4)N23)cc1. The first-order valence-electron chi connectivity index (χ1n) is 15.0. The van der Waals surface area contributed by atoms with Crippen LogP contribution in [0.3, 0.4) is 0 Å². The molecule has 0 unspecified atom stereocenters. The molecule has 0 saturated carbocycles. The topological polar surface area (TPSA) is 139 Å². The Kier molecular flexibility index (Phi) is 8.40. The van der Waals surface area contributed by atoms with E-state index < -0.39 is 59.8 Å². The largest absolute Gasteiger partial charge is 0.481 e. The van der Waals surface area contributed by atoms with Crippen LogP contribution in [-0.4, -0.2) is 56.1 Å². The molecule has 4 aromatic carbocycles. The minimum atomic E-state index is -1.37. The fraction of sp³-hybridized carbons (Fsp3) is 0.222. The molecule has 0 bridgehead atoms. The third kappa shape index (κ3) is 5.64. The summed E-state index contributed by atoms with van der Waals surface area (Å²) in [6.07, 6.45) is 0. The standard InChI is InChI=1S/C36H34N4O6/c1-21-13-17-23(18-14-21)29-27(35(43)44)31(33(41)37-25-9-5-3-6-10-25)40-30(24-19-15-22(2)16-20-24)28(36(45)46)32(39(29)40)34(42)38-26-11-7-4-8-12-26/h3-20,27-32H,1-2H3,(H,37,41)(H,38,42)(H,43,44)(H,45,46)/t27-,28+,29-,30-,31-,32-/m1/s1. The van der Waals surface area contributed by atoms with E-state index in [2.05, 4.69) is 10.6 Å². The molecule has 0 aromatic heterocycles. The van der Waals surface area contributed by atoms with Crippen molar-refractivity contribution in [1.82, 2.24) is 10.0 Å². The highest BCUT2D eigenvalue weighted by molar-refractivity contribution is 6.01. The molecule has 2 aliphatic rings. The van der Waals surface area contributed by atoms with E-state index in [-0.39, 0.29) is 0 Å². The van der Waals surface area contributed by atoms with Crippen molar-refractivity contribution in [1.29, 1.82) is 0 Å². The molecule has 234 valence electrons. The summed E-state index contributed by atoms with van der Waals surface area (Å²) >= 11 is 0. The monoisotopic (exact) mass is 618 g/mol. The maximum Gasteiger partial charge on any atom is 0.310 e. The van der Waals surface area contributed by atoms with E-state index in [0.29, 0.717) is 22.5 Å². The minimum Gasteiger partial charge on any atom is -0.481 e. The fourth-order valence-corrected chi connectivity index (χ4v) is 6.75. The number of amides is 2. The molecule has 10 nitrogen and oxygen atoms in total. The third-order valence-corrected chi connectivity index (χ3v) is 8.80. The Morgan fingerprint density at radius 3 is 1.15 bits per heavy atom. The van der Waals surface area contributed by atoms with Crippen molar-refractivity contribution in [3.8, 4) is 0 Å². The molecule has 2 amide bonds. The number of carbonyl (C=O) groups is 4. The van der Waals surface area contributed by atoms with Gasteiger partial charge in [0.2, 0.25) is 11.8 Å². The number of hydrogen-bond acceptors (Lipinski definition) is 6. The lowest BCUT2D eigenvalue weighted by Crippen LogP contribution is -2.48. The van der Waals surface area contributed by atoms with Gasteiger partial charge in [-0.05, 0) is 49.2 Å². The van der Waals surface area contributed by atoms with Crippen LogP contribution in [0.25, 0.3) is 0 Å². The van der Waals surface area contributed by atoms with Gasteiger partial charge in [0.15, 0.2) is 0 Å². The van der Waals surface area contributed by atoms with Crippen molar-refractivity contribution in [3.05, 3.63) is 131 Å². The number of anilines is 2. The van der Waals surface area contributed by atoms with Crippen LogP contribution < -0.4 is 10.6 Å². The molecule has 2 heterocycles. The quantitative estimate of drug-likeness (QED) is 0.215. The number of carboxylic acids is 2. The molecule has 46 heavy (non-hydrogen) atoms. The Labute approximate surface area is 266 Å². The van der Waals surface area contributed by atoms with E-state index >= 15 is 0 Å². The summed E-state index contributed by atoms with van der Waals surface area (Å²) in [5, 5.41) is 30.4. The molecule has 6 rings (SSSR count). The first-order chi connectivity index (χ1) is 22.2. The van der Waals surface area contributed by atoms with Gasteiger partial charge in [0.05, 0.1) is 12.1 Å². The first-order valence-corrected chi connectivity index (χ1v) is 15.0.